The van der Waals surface area contributed by atoms with Gasteiger partial charge in [-0.3, -0.25) is 0 Å². The molecule has 1 N–H and O–H groups in total. The number of hydrogen-bond donors (Lipinski definition) is 1. The first-order valence-electron chi connectivity index (χ1n) is 5.97. The second-order valence-corrected chi connectivity index (χ2v) is 6.63. The van der Waals surface area contributed by atoms with Crippen molar-refractivity contribution in [3.8, 4) is 5.69 Å². The van der Waals surface area contributed by atoms with E-state index in [0.717, 1.165) is 15.9 Å². The van der Waals surface area contributed by atoms with Crippen LogP contribution in [0.3, 0.4) is 0 Å². The molecule has 6 heteroatoms. The van der Waals surface area contributed by atoms with E-state index in [-0.39, 0.29) is 5.54 Å². The summed E-state index contributed by atoms with van der Waals surface area (Å²) in [5, 5.41) is 12.2. The lowest BCUT2D eigenvalue weighted by Crippen LogP contribution is -2.35. The minimum Gasteiger partial charge on any atom is -0.306 e. The molecule has 0 unspecified atom stereocenters. The predicted molar refractivity (Wildman–Crippen MR) is 80.7 cm³/mol. The molecule has 0 radical (unpaired) electrons. The monoisotopic (exact) mass is 342 g/mol. The molecule has 0 amide bonds. The molecular formula is C13H16BrClN4. The number of halogens is 2. The minimum absolute atomic E-state index is 0.0479. The second-order valence-electron chi connectivity index (χ2n) is 5.34. The van der Waals surface area contributed by atoms with Gasteiger partial charge in [0.05, 0.1) is 17.6 Å². The molecule has 0 spiro atoms. The molecule has 0 bridgehead atoms. The highest BCUT2D eigenvalue weighted by Crippen LogP contribution is 2.25. The summed E-state index contributed by atoms with van der Waals surface area (Å²) in [6.07, 6.45) is 1.76. The maximum Gasteiger partial charge on any atom is 0.0810 e. The van der Waals surface area contributed by atoms with Crippen molar-refractivity contribution in [2.75, 3.05) is 0 Å². The SMILES string of the molecule is CC(C)(C)NCc1cnnn1-c1ccc(Cl)cc1Br. The van der Waals surface area contributed by atoms with Gasteiger partial charge in [0, 0.05) is 21.6 Å². The third-order valence-electron chi connectivity index (χ3n) is 2.56. The van der Waals surface area contributed by atoms with Crippen LogP contribution in [0.2, 0.25) is 5.02 Å². The minimum atomic E-state index is 0.0479. The van der Waals surface area contributed by atoms with Crippen LogP contribution < -0.4 is 5.32 Å². The van der Waals surface area contributed by atoms with Crippen LogP contribution >= 0.6 is 27.5 Å². The van der Waals surface area contributed by atoms with Gasteiger partial charge in [0.1, 0.15) is 0 Å². The molecule has 2 aromatic rings. The Hall–Kier alpha value is -0.910. The van der Waals surface area contributed by atoms with Crippen molar-refractivity contribution < 1.29 is 0 Å². The van der Waals surface area contributed by atoms with Crippen LogP contribution in [0.5, 0.6) is 0 Å². The number of nitrogens with zero attached hydrogens (tertiary/aromatic N) is 3. The quantitative estimate of drug-likeness (QED) is 0.926. The highest BCUT2D eigenvalue weighted by molar-refractivity contribution is 9.10. The molecule has 0 aliphatic carbocycles. The number of nitrogens with one attached hydrogen (secondary N) is 1. The van der Waals surface area contributed by atoms with Gasteiger partial charge in [0.25, 0.3) is 0 Å². The third-order valence-corrected chi connectivity index (χ3v) is 3.43. The smallest absolute Gasteiger partial charge is 0.0810 e. The molecule has 0 fully saturated rings. The number of aromatic nitrogens is 3. The van der Waals surface area contributed by atoms with E-state index in [1.165, 1.54) is 0 Å². The first-order chi connectivity index (χ1) is 8.87. The fourth-order valence-corrected chi connectivity index (χ4v) is 2.44. The van der Waals surface area contributed by atoms with Crippen LogP contribution in [-0.4, -0.2) is 20.5 Å². The van der Waals surface area contributed by atoms with Crippen LogP contribution in [0.1, 0.15) is 26.5 Å². The van der Waals surface area contributed by atoms with E-state index < -0.39 is 0 Å². The van der Waals surface area contributed by atoms with Crippen molar-refractivity contribution in [2.45, 2.75) is 32.9 Å². The lowest BCUT2D eigenvalue weighted by molar-refractivity contribution is 0.418. The molecule has 0 aliphatic rings. The summed E-state index contributed by atoms with van der Waals surface area (Å²) < 4.78 is 2.70. The molecule has 1 aromatic carbocycles. The average Bonchev–Trinajstić information content (AvgIpc) is 2.73. The molecule has 0 saturated carbocycles. The highest BCUT2D eigenvalue weighted by atomic mass is 79.9. The van der Waals surface area contributed by atoms with Crippen molar-refractivity contribution in [3.63, 3.8) is 0 Å². The zero-order valence-corrected chi connectivity index (χ0v) is 13.5. The fraction of sp³-hybridized carbons (Fsp3) is 0.385. The van der Waals surface area contributed by atoms with Gasteiger partial charge in [-0.15, -0.1) is 5.10 Å². The largest absolute Gasteiger partial charge is 0.306 e. The molecule has 2 rings (SSSR count). The summed E-state index contributed by atoms with van der Waals surface area (Å²) >= 11 is 9.45. The van der Waals surface area contributed by atoms with Gasteiger partial charge in [-0.05, 0) is 54.9 Å². The second kappa shape index (κ2) is 5.61. The maximum absolute atomic E-state index is 5.95. The van der Waals surface area contributed by atoms with Crippen LogP contribution in [0.25, 0.3) is 5.69 Å². The Labute approximate surface area is 126 Å². The summed E-state index contributed by atoms with van der Waals surface area (Å²) in [5.74, 6) is 0. The summed E-state index contributed by atoms with van der Waals surface area (Å²) in [6.45, 7) is 7.07. The molecular weight excluding hydrogens is 328 g/mol. The van der Waals surface area contributed by atoms with Crippen molar-refractivity contribution in [1.82, 2.24) is 20.3 Å². The fourth-order valence-electron chi connectivity index (χ4n) is 1.59. The summed E-state index contributed by atoms with van der Waals surface area (Å²) in [7, 11) is 0. The third kappa shape index (κ3) is 3.78. The predicted octanol–water partition coefficient (Wildman–Crippen LogP) is 3.57. The van der Waals surface area contributed by atoms with Crippen molar-refractivity contribution in [1.29, 1.82) is 0 Å². The molecule has 0 aliphatic heterocycles. The number of rotatable bonds is 3. The maximum atomic E-state index is 5.95. The van der Waals surface area contributed by atoms with E-state index in [4.69, 9.17) is 11.6 Å². The molecule has 102 valence electrons. The Balaban J connectivity index is 2.28. The van der Waals surface area contributed by atoms with Crippen molar-refractivity contribution in [3.05, 3.63) is 39.6 Å². The zero-order chi connectivity index (χ0) is 14.0. The Bertz CT molecular complexity index is 574. The first-order valence-corrected chi connectivity index (χ1v) is 7.14. The van der Waals surface area contributed by atoms with Crippen LogP contribution in [0.15, 0.2) is 28.9 Å². The Kier molecular flexibility index (Phi) is 4.28. The lowest BCUT2D eigenvalue weighted by atomic mass is 10.1. The Morgan fingerprint density at radius 1 is 1.37 bits per heavy atom. The molecule has 19 heavy (non-hydrogen) atoms. The van der Waals surface area contributed by atoms with Gasteiger partial charge in [0.2, 0.25) is 0 Å². The van der Waals surface area contributed by atoms with E-state index in [2.05, 4.69) is 52.3 Å². The summed E-state index contributed by atoms with van der Waals surface area (Å²) in [6, 6.07) is 5.60. The van der Waals surface area contributed by atoms with Gasteiger partial charge in [-0.2, -0.15) is 0 Å². The van der Waals surface area contributed by atoms with E-state index in [1.807, 2.05) is 18.2 Å². The van der Waals surface area contributed by atoms with E-state index >= 15 is 0 Å². The molecule has 1 aromatic heterocycles. The molecule has 4 nitrogen and oxygen atoms in total. The van der Waals surface area contributed by atoms with Crippen molar-refractivity contribution in [2.24, 2.45) is 0 Å². The Morgan fingerprint density at radius 2 is 2.11 bits per heavy atom. The van der Waals surface area contributed by atoms with Gasteiger partial charge in [-0.25, -0.2) is 4.68 Å². The summed E-state index contributed by atoms with van der Waals surface area (Å²) in [4.78, 5) is 0. The molecule has 1 heterocycles. The van der Waals surface area contributed by atoms with Crippen LogP contribution in [0.4, 0.5) is 0 Å². The van der Waals surface area contributed by atoms with Crippen LogP contribution in [0, 0.1) is 0 Å². The van der Waals surface area contributed by atoms with E-state index in [0.29, 0.717) is 11.6 Å². The van der Waals surface area contributed by atoms with E-state index in [1.54, 1.807) is 10.9 Å². The summed E-state index contributed by atoms with van der Waals surface area (Å²) in [5.41, 5.74) is 1.97. The van der Waals surface area contributed by atoms with Gasteiger partial charge >= 0.3 is 0 Å². The first kappa shape index (κ1) is 14.5. The van der Waals surface area contributed by atoms with Gasteiger partial charge < -0.3 is 5.32 Å². The molecule has 0 atom stereocenters. The van der Waals surface area contributed by atoms with Crippen LogP contribution in [-0.2, 0) is 6.54 Å². The lowest BCUT2D eigenvalue weighted by Gasteiger charge is -2.20. The zero-order valence-electron chi connectivity index (χ0n) is 11.1. The normalized spacial score (nSPS) is 11.8. The van der Waals surface area contributed by atoms with Gasteiger partial charge in [0.15, 0.2) is 0 Å². The molecule has 0 saturated heterocycles. The van der Waals surface area contributed by atoms with E-state index in [9.17, 15) is 0 Å². The topological polar surface area (TPSA) is 42.7 Å². The average molecular weight is 344 g/mol. The highest BCUT2D eigenvalue weighted by Gasteiger charge is 2.13. The number of hydrogen-bond acceptors (Lipinski definition) is 3. The van der Waals surface area contributed by atoms with Gasteiger partial charge in [-0.1, -0.05) is 16.8 Å². The Morgan fingerprint density at radius 3 is 2.74 bits per heavy atom. The van der Waals surface area contributed by atoms with Crippen molar-refractivity contribution >= 4 is 27.5 Å². The number of benzene rings is 1. The standard InChI is InChI=1S/C13H16BrClN4/c1-13(2,3)16-7-10-8-17-18-19(10)12-5-4-9(15)6-11(12)14/h4-6,8,16H,7H2,1-3H3.